The van der Waals surface area contributed by atoms with Gasteiger partial charge in [0.2, 0.25) is 0 Å². The summed E-state index contributed by atoms with van der Waals surface area (Å²) in [5.74, 6) is 2.03. The molecule has 0 aromatic heterocycles. The molecule has 0 aromatic carbocycles. The van der Waals surface area contributed by atoms with Gasteiger partial charge < -0.3 is 5.32 Å². The molecule has 2 heteroatoms. The van der Waals surface area contributed by atoms with Crippen LogP contribution in [0, 0.1) is 11.8 Å². The number of carbonyl (C=O) groups excluding carboxylic acids is 1. The molecule has 1 heterocycles. The summed E-state index contributed by atoms with van der Waals surface area (Å²) >= 11 is 0. The van der Waals surface area contributed by atoms with Crippen molar-refractivity contribution in [1.82, 2.24) is 5.32 Å². The maximum absolute atomic E-state index is 11.2. The highest BCUT2D eigenvalue weighted by Crippen LogP contribution is 2.35. The molecule has 2 nitrogen and oxygen atoms in total. The summed E-state index contributed by atoms with van der Waals surface area (Å²) in [6.07, 6.45) is 6.61. The van der Waals surface area contributed by atoms with Crippen molar-refractivity contribution >= 4 is 5.78 Å². The van der Waals surface area contributed by atoms with Gasteiger partial charge in [-0.25, -0.2) is 0 Å². The number of rotatable bonds is 1. The van der Waals surface area contributed by atoms with Crippen LogP contribution in [0.15, 0.2) is 0 Å². The number of hydrogen-bond donors (Lipinski definition) is 1. The van der Waals surface area contributed by atoms with Crippen LogP contribution in [0.3, 0.4) is 0 Å². The lowest BCUT2D eigenvalue weighted by atomic mass is 9.73. The van der Waals surface area contributed by atoms with E-state index in [-0.39, 0.29) is 6.04 Å². The van der Waals surface area contributed by atoms with Crippen LogP contribution in [-0.2, 0) is 4.79 Å². The van der Waals surface area contributed by atoms with Gasteiger partial charge >= 0.3 is 0 Å². The molecule has 1 saturated heterocycles. The summed E-state index contributed by atoms with van der Waals surface area (Å²) in [6, 6.07) is 0.166. The normalized spacial score (nSPS) is 39.6. The van der Waals surface area contributed by atoms with Crippen LogP contribution in [0.2, 0.25) is 0 Å². The van der Waals surface area contributed by atoms with Crippen molar-refractivity contribution in [3.8, 4) is 0 Å². The second-order valence-electron chi connectivity index (χ2n) is 4.61. The van der Waals surface area contributed by atoms with Gasteiger partial charge in [-0.2, -0.15) is 0 Å². The number of piperidine rings is 1. The van der Waals surface area contributed by atoms with Crippen molar-refractivity contribution in [2.75, 3.05) is 6.54 Å². The van der Waals surface area contributed by atoms with Gasteiger partial charge in [0, 0.05) is 0 Å². The summed E-state index contributed by atoms with van der Waals surface area (Å²) in [7, 11) is 0. The minimum Gasteiger partial charge on any atom is -0.307 e. The van der Waals surface area contributed by atoms with Crippen LogP contribution in [0.5, 0.6) is 0 Å². The van der Waals surface area contributed by atoms with Gasteiger partial charge in [0.25, 0.3) is 0 Å². The van der Waals surface area contributed by atoms with Crippen molar-refractivity contribution in [3.63, 3.8) is 0 Å². The van der Waals surface area contributed by atoms with Gasteiger partial charge in [0.05, 0.1) is 6.04 Å². The summed E-state index contributed by atoms with van der Waals surface area (Å²) in [6.45, 7) is 2.79. The van der Waals surface area contributed by atoms with E-state index in [9.17, 15) is 4.79 Å². The first-order valence-corrected chi connectivity index (χ1v) is 5.51. The maximum Gasteiger partial charge on any atom is 0.146 e. The molecule has 0 aromatic rings. The first kappa shape index (κ1) is 9.20. The molecule has 0 spiro atoms. The summed E-state index contributed by atoms with van der Waals surface area (Å²) < 4.78 is 0. The lowest BCUT2D eigenvalue weighted by Gasteiger charge is -2.39. The first-order chi connectivity index (χ1) is 6.27. The Kier molecular flexibility index (Phi) is 2.68. The molecular weight excluding hydrogens is 162 g/mol. The third kappa shape index (κ3) is 1.93. The molecule has 3 atom stereocenters. The lowest BCUT2D eigenvalue weighted by molar-refractivity contribution is -0.120. The van der Waals surface area contributed by atoms with E-state index in [2.05, 4.69) is 5.32 Å². The van der Waals surface area contributed by atoms with Gasteiger partial charge in [0.15, 0.2) is 0 Å². The van der Waals surface area contributed by atoms with Gasteiger partial charge in [-0.3, -0.25) is 4.79 Å². The number of hydrogen-bond acceptors (Lipinski definition) is 2. The third-order valence-electron chi connectivity index (χ3n) is 3.72. The Bertz CT molecular complexity index is 202. The van der Waals surface area contributed by atoms with Crippen molar-refractivity contribution in [3.05, 3.63) is 0 Å². The van der Waals surface area contributed by atoms with Crippen molar-refractivity contribution < 1.29 is 4.79 Å². The highest BCUT2D eigenvalue weighted by atomic mass is 16.1. The largest absolute Gasteiger partial charge is 0.307 e. The van der Waals surface area contributed by atoms with Gasteiger partial charge in [-0.1, -0.05) is 19.3 Å². The van der Waals surface area contributed by atoms with E-state index < -0.39 is 0 Å². The van der Waals surface area contributed by atoms with Crippen molar-refractivity contribution in [1.29, 1.82) is 0 Å². The van der Waals surface area contributed by atoms with E-state index >= 15 is 0 Å². The number of carbonyl (C=O) groups is 1. The molecule has 1 saturated carbocycles. The SMILES string of the molecule is CC(=O)C1C[C@@H]2CCCC[C@@H]2CN1. The van der Waals surface area contributed by atoms with Crippen LogP contribution >= 0.6 is 0 Å². The molecule has 1 aliphatic heterocycles. The van der Waals surface area contributed by atoms with Crippen LogP contribution < -0.4 is 5.32 Å². The Morgan fingerprint density at radius 3 is 2.62 bits per heavy atom. The van der Waals surface area contributed by atoms with E-state index in [1.165, 1.54) is 25.7 Å². The number of Topliss-reactive ketones (excluding diaryl/α,β-unsaturated/α-hetero) is 1. The van der Waals surface area contributed by atoms with E-state index in [0.29, 0.717) is 5.78 Å². The quantitative estimate of drug-likeness (QED) is 0.667. The minimum atomic E-state index is 0.166. The second kappa shape index (κ2) is 3.79. The van der Waals surface area contributed by atoms with E-state index in [0.717, 1.165) is 24.8 Å². The summed E-state index contributed by atoms with van der Waals surface area (Å²) in [5, 5.41) is 3.37. The summed E-state index contributed by atoms with van der Waals surface area (Å²) in [5.41, 5.74) is 0. The first-order valence-electron chi connectivity index (χ1n) is 5.51. The average molecular weight is 181 g/mol. The molecular formula is C11H19NO. The van der Waals surface area contributed by atoms with Gasteiger partial charge in [-0.15, -0.1) is 0 Å². The molecule has 1 unspecified atom stereocenters. The lowest BCUT2D eigenvalue weighted by Crippen LogP contribution is -2.48. The predicted molar refractivity (Wildman–Crippen MR) is 52.5 cm³/mol. The highest BCUT2D eigenvalue weighted by Gasteiger charge is 2.33. The van der Waals surface area contributed by atoms with Crippen molar-refractivity contribution in [2.24, 2.45) is 11.8 Å². The van der Waals surface area contributed by atoms with Crippen LogP contribution in [0.1, 0.15) is 39.0 Å². The minimum absolute atomic E-state index is 0.166. The van der Waals surface area contributed by atoms with Crippen LogP contribution in [-0.4, -0.2) is 18.4 Å². The molecule has 13 heavy (non-hydrogen) atoms. The van der Waals surface area contributed by atoms with E-state index in [4.69, 9.17) is 0 Å². The zero-order valence-electron chi connectivity index (χ0n) is 8.38. The average Bonchev–Trinajstić information content (AvgIpc) is 2.17. The fourth-order valence-electron chi connectivity index (χ4n) is 2.85. The molecule has 2 rings (SSSR count). The number of ketones is 1. The molecule has 0 amide bonds. The number of fused-ring (bicyclic) bond motifs is 1. The van der Waals surface area contributed by atoms with Crippen LogP contribution in [0.25, 0.3) is 0 Å². The zero-order valence-corrected chi connectivity index (χ0v) is 8.38. The second-order valence-corrected chi connectivity index (χ2v) is 4.61. The Balaban J connectivity index is 1.95. The zero-order chi connectivity index (χ0) is 9.26. The Labute approximate surface area is 80.1 Å². The highest BCUT2D eigenvalue weighted by molar-refractivity contribution is 5.81. The Hall–Kier alpha value is -0.370. The Morgan fingerprint density at radius 1 is 1.23 bits per heavy atom. The fraction of sp³-hybridized carbons (Fsp3) is 0.909. The summed E-state index contributed by atoms with van der Waals surface area (Å²) in [4.78, 5) is 11.2. The molecule has 2 fully saturated rings. The fourth-order valence-corrected chi connectivity index (χ4v) is 2.85. The maximum atomic E-state index is 11.2. The molecule has 1 N–H and O–H groups in total. The standard InChI is InChI=1S/C11H19NO/c1-8(13)11-6-9-4-2-3-5-10(9)7-12-11/h9-12H,2-7H2,1H3/t9-,10+,11?/m0/s1. The predicted octanol–water partition coefficient (Wildman–Crippen LogP) is 1.74. The molecule has 1 aliphatic carbocycles. The van der Waals surface area contributed by atoms with Gasteiger partial charge in [0.1, 0.15) is 5.78 Å². The van der Waals surface area contributed by atoms with E-state index in [1.807, 2.05) is 0 Å². The molecule has 74 valence electrons. The van der Waals surface area contributed by atoms with E-state index in [1.54, 1.807) is 6.92 Å². The smallest absolute Gasteiger partial charge is 0.146 e. The molecule has 0 radical (unpaired) electrons. The molecule has 0 bridgehead atoms. The Morgan fingerprint density at radius 2 is 1.92 bits per heavy atom. The third-order valence-corrected chi connectivity index (χ3v) is 3.72. The topological polar surface area (TPSA) is 29.1 Å². The molecule has 2 aliphatic rings. The van der Waals surface area contributed by atoms with Crippen LogP contribution in [0.4, 0.5) is 0 Å². The number of nitrogens with one attached hydrogen (secondary N) is 1. The van der Waals surface area contributed by atoms with Crippen molar-refractivity contribution in [2.45, 2.75) is 45.1 Å². The monoisotopic (exact) mass is 181 g/mol. The van der Waals surface area contributed by atoms with Gasteiger partial charge in [-0.05, 0) is 38.1 Å².